The lowest BCUT2D eigenvalue weighted by atomic mass is 9.83. The molecule has 0 bridgehead atoms. The van der Waals surface area contributed by atoms with Crippen molar-refractivity contribution in [2.75, 3.05) is 20.2 Å². The summed E-state index contributed by atoms with van der Waals surface area (Å²) in [6.45, 7) is 1.84. The number of para-hydroxylation sites is 1. The molecule has 0 radical (unpaired) electrons. The van der Waals surface area contributed by atoms with Crippen LogP contribution in [0.5, 0.6) is 5.75 Å². The van der Waals surface area contributed by atoms with Gasteiger partial charge in [0.1, 0.15) is 17.9 Å². The fraction of sp³-hybridized carbons (Fsp3) is 0.304. The number of benzene rings is 2. The Morgan fingerprint density at radius 1 is 1.13 bits per heavy atom. The molecule has 2 aliphatic rings. The molecule has 158 valence electrons. The number of piperidine rings is 1. The van der Waals surface area contributed by atoms with Crippen LogP contribution in [0.2, 0.25) is 0 Å². The smallest absolute Gasteiger partial charge is 0.327 e. The molecule has 0 amide bonds. The summed E-state index contributed by atoms with van der Waals surface area (Å²) in [5.74, 6) is 1.04. The van der Waals surface area contributed by atoms with Crippen molar-refractivity contribution in [2.24, 2.45) is 0 Å². The molecule has 1 saturated heterocycles. The van der Waals surface area contributed by atoms with Gasteiger partial charge in [-0.3, -0.25) is 4.79 Å². The van der Waals surface area contributed by atoms with Crippen LogP contribution in [0.4, 0.5) is 0 Å². The molecule has 8 heteroatoms. The Morgan fingerprint density at radius 3 is 2.65 bits per heavy atom. The third-order valence-corrected chi connectivity index (χ3v) is 5.84. The number of carbonyl (C=O) groups excluding carboxylic acids is 1. The van der Waals surface area contributed by atoms with Crippen LogP contribution in [0.15, 0.2) is 54.6 Å². The first-order valence-electron chi connectivity index (χ1n) is 10.3. The molecule has 0 atom stereocenters. The van der Waals surface area contributed by atoms with E-state index in [1.165, 1.54) is 17.4 Å². The van der Waals surface area contributed by atoms with Gasteiger partial charge in [0.25, 0.3) is 0 Å². The van der Waals surface area contributed by atoms with E-state index < -0.39 is 5.97 Å². The van der Waals surface area contributed by atoms with Crippen LogP contribution in [0.3, 0.4) is 0 Å². The zero-order valence-electron chi connectivity index (χ0n) is 17.2. The minimum absolute atomic E-state index is 0.0347. The molecule has 8 nitrogen and oxygen atoms in total. The summed E-state index contributed by atoms with van der Waals surface area (Å²) >= 11 is 0. The number of tetrazole rings is 1. The van der Waals surface area contributed by atoms with Gasteiger partial charge in [-0.15, -0.1) is 5.10 Å². The molecule has 0 saturated carbocycles. The van der Waals surface area contributed by atoms with Crippen LogP contribution in [-0.2, 0) is 16.1 Å². The first-order chi connectivity index (χ1) is 15.2. The summed E-state index contributed by atoms with van der Waals surface area (Å²) in [5, 5.41) is 15.1. The Morgan fingerprint density at radius 2 is 1.87 bits per heavy atom. The highest BCUT2D eigenvalue weighted by Gasteiger charge is 2.36. The molecule has 31 heavy (non-hydrogen) atoms. The summed E-state index contributed by atoms with van der Waals surface area (Å²) < 4.78 is 12.6. The topological polar surface area (TPSA) is 91.2 Å². The summed E-state index contributed by atoms with van der Waals surface area (Å²) in [4.78, 5) is 11.6. The predicted octanol–water partition coefficient (Wildman–Crippen LogP) is 2.46. The highest BCUT2D eigenvalue weighted by atomic mass is 16.5. The largest absolute Gasteiger partial charge is 0.482 e. The van der Waals surface area contributed by atoms with Gasteiger partial charge in [0.05, 0.1) is 7.11 Å². The summed E-state index contributed by atoms with van der Waals surface area (Å²) in [6, 6.07) is 16.3. The molecule has 5 rings (SSSR count). The zero-order chi connectivity index (χ0) is 21.3. The van der Waals surface area contributed by atoms with Crippen LogP contribution in [0.1, 0.15) is 24.0 Å². The zero-order valence-corrected chi connectivity index (χ0v) is 17.2. The van der Waals surface area contributed by atoms with Gasteiger partial charge in [-0.25, -0.2) is 4.68 Å². The van der Waals surface area contributed by atoms with Gasteiger partial charge >= 0.3 is 5.97 Å². The summed E-state index contributed by atoms with van der Waals surface area (Å²) in [7, 11) is 1.34. The Labute approximate surface area is 179 Å². The molecule has 1 spiro atoms. The number of methoxy groups -OCH3 is 1. The molecule has 3 aromatic rings. The van der Waals surface area contributed by atoms with Gasteiger partial charge in [-0.05, 0) is 46.8 Å². The standard InChI is InChI=1S/C23H23N5O3/c1-30-21(29)15-28-22(25-26-27-28)17-8-6-16(7-9-17)19-14-23(10-12-24-13-11-23)31-20-5-3-2-4-18(19)20/h2-9,14,24H,10-13,15H2,1H3. The van der Waals surface area contributed by atoms with E-state index in [1.807, 2.05) is 30.3 Å². The Hall–Kier alpha value is -3.52. The number of hydrogen-bond acceptors (Lipinski definition) is 7. The number of esters is 1. The number of hydrogen-bond donors (Lipinski definition) is 1. The third-order valence-electron chi connectivity index (χ3n) is 5.84. The Kier molecular flexibility index (Phi) is 4.99. The lowest BCUT2D eigenvalue weighted by molar-refractivity contribution is -0.141. The lowest BCUT2D eigenvalue weighted by Gasteiger charge is -2.40. The van der Waals surface area contributed by atoms with E-state index in [4.69, 9.17) is 9.47 Å². The average molecular weight is 417 g/mol. The first-order valence-corrected chi connectivity index (χ1v) is 10.3. The maximum absolute atomic E-state index is 11.6. The van der Waals surface area contributed by atoms with E-state index in [0.717, 1.165) is 48.4 Å². The normalized spacial score (nSPS) is 16.9. The van der Waals surface area contributed by atoms with E-state index in [2.05, 4.69) is 45.1 Å². The van der Waals surface area contributed by atoms with Gasteiger partial charge < -0.3 is 14.8 Å². The Balaban J connectivity index is 1.50. The fourth-order valence-corrected chi connectivity index (χ4v) is 4.21. The highest BCUT2D eigenvalue weighted by Crippen LogP contribution is 2.42. The third kappa shape index (κ3) is 3.70. The van der Waals surface area contributed by atoms with Crippen LogP contribution < -0.4 is 10.1 Å². The number of ether oxygens (including phenoxy) is 2. The highest BCUT2D eigenvalue weighted by molar-refractivity contribution is 5.85. The molecule has 1 N–H and O–H groups in total. The number of carbonyl (C=O) groups is 1. The van der Waals surface area contributed by atoms with Crippen molar-refractivity contribution in [3.05, 3.63) is 65.7 Å². The molecule has 2 aromatic carbocycles. The number of fused-ring (bicyclic) bond motifs is 1. The monoisotopic (exact) mass is 417 g/mol. The van der Waals surface area contributed by atoms with E-state index in [1.54, 1.807) is 0 Å². The van der Waals surface area contributed by atoms with Crippen molar-refractivity contribution in [1.82, 2.24) is 25.5 Å². The van der Waals surface area contributed by atoms with Gasteiger partial charge in [-0.2, -0.15) is 0 Å². The van der Waals surface area contributed by atoms with Crippen molar-refractivity contribution < 1.29 is 14.3 Å². The van der Waals surface area contributed by atoms with Crippen molar-refractivity contribution in [3.8, 4) is 17.1 Å². The summed E-state index contributed by atoms with van der Waals surface area (Å²) in [6.07, 6.45) is 4.16. The second-order valence-corrected chi connectivity index (χ2v) is 7.78. The quantitative estimate of drug-likeness (QED) is 0.652. The number of nitrogens with zero attached hydrogens (tertiary/aromatic N) is 4. The minimum Gasteiger partial charge on any atom is -0.482 e. The van der Waals surface area contributed by atoms with Crippen LogP contribution in [0.25, 0.3) is 17.0 Å². The van der Waals surface area contributed by atoms with E-state index in [9.17, 15) is 4.79 Å². The van der Waals surface area contributed by atoms with Gasteiger partial charge in [0.2, 0.25) is 0 Å². The van der Waals surface area contributed by atoms with Gasteiger partial charge in [-0.1, -0.05) is 42.5 Å². The van der Waals surface area contributed by atoms with Gasteiger partial charge in [0, 0.05) is 24.0 Å². The van der Waals surface area contributed by atoms with Crippen LogP contribution in [0, 0.1) is 0 Å². The molecule has 1 fully saturated rings. The van der Waals surface area contributed by atoms with Gasteiger partial charge in [0.15, 0.2) is 5.82 Å². The first kappa shape index (κ1) is 19.4. The second-order valence-electron chi connectivity index (χ2n) is 7.78. The number of nitrogens with one attached hydrogen (secondary N) is 1. The second kappa shape index (κ2) is 7.96. The number of aromatic nitrogens is 4. The van der Waals surface area contributed by atoms with Crippen molar-refractivity contribution in [2.45, 2.75) is 25.0 Å². The average Bonchev–Trinajstić information content (AvgIpc) is 3.27. The predicted molar refractivity (Wildman–Crippen MR) is 114 cm³/mol. The SMILES string of the molecule is COC(=O)Cn1nnnc1-c1ccc(C2=CC3(CCNCC3)Oc3ccccc32)cc1. The van der Waals surface area contributed by atoms with Crippen molar-refractivity contribution >= 4 is 11.5 Å². The molecule has 0 aliphatic carbocycles. The van der Waals surface area contributed by atoms with Crippen molar-refractivity contribution in [3.63, 3.8) is 0 Å². The molecular weight excluding hydrogens is 394 g/mol. The minimum atomic E-state index is -0.401. The molecular formula is C23H23N5O3. The van der Waals surface area contributed by atoms with Crippen LogP contribution in [-0.4, -0.2) is 52.0 Å². The summed E-state index contributed by atoms with van der Waals surface area (Å²) in [5.41, 5.74) is 3.91. The maximum Gasteiger partial charge on any atom is 0.327 e. The number of rotatable bonds is 4. The van der Waals surface area contributed by atoms with E-state index >= 15 is 0 Å². The van der Waals surface area contributed by atoms with Crippen LogP contribution >= 0.6 is 0 Å². The Bertz CT molecular complexity index is 1130. The fourth-order valence-electron chi connectivity index (χ4n) is 4.21. The van der Waals surface area contributed by atoms with E-state index in [-0.39, 0.29) is 12.1 Å². The molecule has 2 aliphatic heterocycles. The molecule has 3 heterocycles. The lowest BCUT2D eigenvalue weighted by Crippen LogP contribution is -2.46. The molecule has 0 unspecified atom stereocenters. The van der Waals surface area contributed by atoms with Crippen molar-refractivity contribution in [1.29, 1.82) is 0 Å². The molecule has 1 aromatic heterocycles. The maximum atomic E-state index is 11.6. The van der Waals surface area contributed by atoms with E-state index in [0.29, 0.717) is 5.82 Å².